The molecule has 0 saturated carbocycles. The minimum atomic E-state index is -0.515. The number of aromatic nitrogens is 1. The minimum absolute atomic E-state index is 0.291. The Bertz CT molecular complexity index is 984. The standard InChI is InChI=1S/C23H24N2O3/c1-3-4-14-24-20(26)15-28-23(27)21-16(2)22(17-10-6-5-7-11-17)25-19-13-9-8-12-18(19)21/h5-13H,3-4,14-15H2,1-2H3,(H,24,26). The van der Waals surface area contributed by atoms with Crippen LogP contribution >= 0.6 is 0 Å². The maximum absolute atomic E-state index is 12.9. The van der Waals surface area contributed by atoms with Crippen LogP contribution in [-0.4, -0.2) is 30.0 Å². The first-order valence-electron chi connectivity index (χ1n) is 9.50. The molecule has 0 aliphatic heterocycles. The van der Waals surface area contributed by atoms with Crippen LogP contribution in [0.4, 0.5) is 0 Å². The van der Waals surface area contributed by atoms with Crippen molar-refractivity contribution in [1.29, 1.82) is 0 Å². The third-order valence-corrected chi connectivity index (χ3v) is 4.57. The van der Waals surface area contributed by atoms with E-state index >= 15 is 0 Å². The molecule has 3 rings (SSSR count). The van der Waals surface area contributed by atoms with Crippen LogP contribution in [-0.2, 0) is 9.53 Å². The summed E-state index contributed by atoms with van der Waals surface area (Å²) in [5.74, 6) is -0.806. The summed E-state index contributed by atoms with van der Waals surface area (Å²) in [6, 6.07) is 17.2. The van der Waals surface area contributed by atoms with Crippen molar-refractivity contribution in [1.82, 2.24) is 10.3 Å². The third-order valence-electron chi connectivity index (χ3n) is 4.57. The molecule has 0 saturated heterocycles. The summed E-state index contributed by atoms with van der Waals surface area (Å²) in [6.07, 6.45) is 1.89. The number of rotatable bonds is 7. The van der Waals surface area contributed by atoms with E-state index in [0.717, 1.165) is 35.0 Å². The van der Waals surface area contributed by atoms with Crippen molar-refractivity contribution in [2.24, 2.45) is 0 Å². The molecular weight excluding hydrogens is 352 g/mol. The normalized spacial score (nSPS) is 10.6. The van der Waals surface area contributed by atoms with Gasteiger partial charge in [-0.15, -0.1) is 0 Å². The van der Waals surface area contributed by atoms with E-state index in [2.05, 4.69) is 5.32 Å². The van der Waals surface area contributed by atoms with Crippen molar-refractivity contribution in [2.45, 2.75) is 26.7 Å². The van der Waals surface area contributed by atoms with Gasteiger partial charge in [0.25, 0.3) is 5.91 Å². The molecule has 5 heteroatoms. The van der Waals surface area contributed by atoms with Crippen molar-refractivity contribution >= 4 is 22.8 Å². The van der Waals surface area contributed by atoms with E-state index in [1.54, 1.807) is 0 Å². The van der Waals surface area contributed by atoms with Crippen LogP contribution in [0.2, 0.25) is 0 Å². The van der Waals surface area contributed by atoms with Crippen LogP contribution in [0.25, 0.3) is 22.2 Å². The van der Waals surface area contributed by atoms with Gasteiger partial charge >= 0.3 is 5.97 Å². The zero-order valence-electron chi connectivity index (χ0n) is 16.2. The first-order valence-corrected chi connectivity index (χ1v) is 9.50. The summed E-state index contributed by atoms with van der Waals surface area (Å²) in [4.78, 5) is 29.5. The fourth-order valence-corrected chi connectivity index (χ4v) is 3.11. The number of para-hydroxylation sites is 1. The summed E-state index contributed by atoms with van der Waals surface area (Å²) in [5, 5.41) is 3.47. The van der Waals surface area contributed by atoms with Crippen LogP contribution < -0.4 is 5.32 Å². The van der Waals surface area contributed by atoms with Crippen molar-refractivity contribution in [3.63, 3.8) is 0 Å². The number of hydrogen-bond acceptors (Lipinski definition) is 4. The van der Waals surface area contributed by atoms with Gasteiger partial charge in [0.2, 0.25) is 0 Å². The van der Waals surface area contributed by atoms with Gasteiger partial charge in [0.1, 0.15) is 0 Å². The Hall–Kier alpha value is -3.21. The van der Waals surface area contributed by atoms with Gasteiger partial charge in [0.05, 0.1) is 16.8 Å². The first kappa shape index (κ1) is 19.5. The Morgan fingerprint density at radius 3 is 2.50 bits per heavy atom. The molecule has 2 aromatic carbocycles. The number of carbonyl (C=O) groups excluding carboxylic acids is 2. The average Bonchev–Trinajstić information content (AvgIpc) is 2.72. The van der Waals surface area contributed by atoms with E-state index in [-0.39, 0.29) is 12.5 Å². The molecule has 1 N–H and O–H groups in total. The maximum Gasteiger partial charge on any atom is 0.339 e. The van der Waals surface area contributed by atoms with E-state index in [0.29, 0.717) is 17.6 Å². The molecule has 1 amide bonds. The molecule has 0 radical (unpaired) electrons. The van der Waals surface area contributed by atoms with Gasteiger partial charge in [-0.25, -0.2) is 9.78 Å². The predicted molar refractivity (Wildman–Crippen MR) is 110 cm³/mol. The number of nitrogens with zero attached hydrogens (tertiary/aromatic N) is 1. The van der Waals surface area contributed by atoms with E-state index in [9.17, 15) is 9.59 Å². The number of amides is 1. The van der Waals surface area contributed by atoms with E-state index in [1.165, 1.54) is 0 Å². The number of carbonyl (C=O) groups is 2. The molecule has 0 spiro atoms. The van der Waals surface area contributed by atoms with E-state index in [4.69, 9.17) is 9.72 Å². The number of hydrogen-bond donors (Lipinski definition) is 1. The van der Waals surface area contributed by atoms with Gasteiger partial charge in [0, 0.05) is 17.5 Å². The van der Waals surface area contributed by atoms with Gasteiger partial charge in [-0.1, -0.05) is 61.9 Å². The summed E-state index contributed by atoms with van der Waals surface area (Å²) in [7, 11) is 0. The van der Waals surface area contributed by atoms with Gasteiger partial charge in [0.15, 0.2) is 6.61 Å². The topological polar surface area (TPSA) is 68.3 Å². The van der Waals surface area contributed by atoms with Crippen molar-refractivity contribution < 1.29 is 14.3 Å². The molecule has 3 aromatic rings. The highest BCUT2D eigenvalue weighted by Gasteiger charge is 2.20. The highest BCUT2D eigenvalue weighted by atomic mass is 16.5. The Kier molecular flexibility index (Phi) is 6.37. The zero-order chi connectivity index (χ0) is 19.9. The summed E-state index contributed by atoms with van der Waals surface area (Å²) in [6.45, 7) is 4.20. The average molecular weight is 376 g/mol. The zero-order valence-corrected chi connectivity index (χ0v) is 16.2. The second-order valence-electron chi connectivity index (χ2n) is 6.62. The molecule has 1 heterocycles. The predicted octanol–water partition coefficient (Wildman–Crippen LogP) is 4.28. The Labute approximate surface area is 164 Å². The van der Waals surface area contributed by atoms with Crippen LogP contribution in [0.15, 0.2) is 54.6 Å². The lowest BCUT2D eigenvalue weighted by Crippen LogP contribution is -2.29. The molecule has 0 unspecified atom stereocenters. The van der Waals surface area contributed by atoms with Crippen molar-refractivity contribution in [3.8, 4) is 11.3 Å². The number of unbranched alkanes of at least 4 members (excludes halogenated alkanes) is 1. The SMILES string of the molecule is CCCCNC(=O)COC(=O)c1c(C)c(-c2ccccc2)nc2ccccc12. The summed E-state index contributed by atoms with van der Waals surface area (Å²) in [5.41, 5.74) is 3.56. The smallest absolute Gasteiger partial charge is 0.339 e. The molecule has 1 aromatic heterocycles. The molecule has 144 valence electrons. The number of nitrogens with one attached hydrogen (secondary N) is 1. The number of fused-ring (bicyclic) bond motifs is 1. The molecular formula is C23H24N2O3. The first-order chi connectivity index (χ1) is 13.6. The lowest BCUT2D eigenvalue weighted by Gasteiger charge is -2.14. The highest BCUT2D eigenvalue weighted by molar-refractivity contribution is 6.06. The largest absolute Gasteiger partial charge is 0.452 e. The molecule has 0 fully saturated rings. The van der Waals surface area contributed by atoms with Crippen LogP contribution in [0, 0.1) is 6.92 Å². The monoisotopic (exact) mass is 376 g/mol. The van der Waals surface area contributed by atoms with Gasteiger partial charge in [-0.3, -0.25) is 4.79 Å². The Balaban J connectivity index is 1.92. The van der Waals surface area contributed by atoms with E-state index < -0.39 is 5.97 Å². The fraction of sp³-hybridized carbons (Fsp3) is 0.261. The summed E-state index contributed by atoms with van der Waals surface area (Å²) >= 11 is 0. The minimum Gasteiger partial charge on any atom is -0.452 e. The number of pyridine rings is 1. The van der Waals surface area contributed by atoms with Crippen LogP contribution in [0.5, 0.6) is 0 Å². The molecule has 0 aliphatic carbocycles. The second-order valence-corrected chi connectivity index (χ2v) is 6.62. The second kappa shape index (κ2) is 9.13. The lowest BCUT2D eigenvalue weighted by molar-refractivity contribution is -0.124. The molecule has 0 aliphatic rings. The summed E-state index contributed by atoms with van der Waals surface area (Å²) < 4.78 is 5.32. The highest BCUT2D eigenvalue weighted by Crippen LogP contribution is 2.30. The fourth-order valence-electron chi connectivity index (χ4n) is 3.11. The van der Waals surface area contributed by atoms with Crippen molar-refractivity contribution in [2.75, 3.05) is 13.2 Å². The van der Waals surface area contributed by atoms with Crippen molar-refractivity contribution in [3.05, 3.63) is 65.7 Å². The van der Waals surface area contributed by atoms with Crippen LogP contribution in [0.3, 0.4) is 0 Å². The van der Waals surface area contributed by atoms with Gasteiger partial charge < -0.3 is 10.1 Å². The molecule has 28 heavy (non-hydrogen) atoms. The number of benzene rings is 2. The van der Waals surface area contributed by atoms with Gasteiger partial charge in [-0.2, -0.15) is 0 Å². The van der Waals surface area contributed by atoms with E-state index in [1.807, 2.05) is 68.4 Å². The quantitative estimate of drug-likeness (QED) is 0.493. The maximum atomic E-state index is 12.9. The Morgan fingerprint density at radius 1 is 1.04 bits per heavy atom. The van der Waals surface area contributed by atoms with Gasteiger partial charge in [-0.05, 0) is 25.0 Å². The molecule has 5 nitrogen and oxygen atoms in total. The number of esters is 1. The number of ether oxygens (including phenoxy) is 1. The molecule has 0 bridgehead atoms. The Morgan fingerprint density at radius 2 is 1.75 bits per heavy atom. The molecule has 0 atom stereocenters. The lowest BCUT2D eigenvalue weighted by atomic mass is 9.98. The third kappa shape index (κ3) is 4.36. The van der Waals surface area contributed by atoms with Crippen LogP contribution in [0.1, 0.15) is 35.7 Å².